The number of hydrogen-bond donors (Lipinski definition) is 0. The van der Waals surface area contributed by atoms with Crippen LogP contribution in [0.3, 0.4) is 0 Å². The summed E-state index contributed by atoms with van der Waals surface area (Å²) < 4.78 is 58.1. The summed E-state index contributed by atoms with van der Waals surface area (Å²) in [4.78, 5) is 0. The van der Waals surface area contributed by atoms with Gasteiger partial charge in [-0.2, -0.15) is 21.6 Å². The summed E-state index contributed by atoms with van der Waals surface area (Å²) in [5.74, 6) is 0. The van der Waals surface area contributed by atoms with Crippen molar-refractivity contribution in [3.63, 3.8) is 0 Å². The monoisotopic (exact) mass is 206 g/mol. The molecule has 0 aromatic rings. The third kappa shape index (κ3) is 3.21. The molecular weight excluding hydrogens is 201 g/mol. The average molecular weight is 206 g/mol. The van der Waals surface area contributed by atoms with Crippen LogP contribution in [0.25, 0.3) is 0 Å². The van der Waals surface area contributed by atoms with Gasteiger partial charge >= 0.3 is 15.6 Å². The quantitative estimate of drug-likeness (QED) is 0.509. The van der Waals surface area contributed by atoms with E-state index in [0.717, 1.165) is 0 Å². The molecule has 0 fully saturated rings. The van der Waals surface area contributed by atoms with Crippen molar-refractivity contribution in [3.8, 4) is 0 Å². The molecular formula is C3H5F3O3SSi. The number of hydrogen-bond acceptors (Lipinski definition) is 3. The molecule has 0 N–H and O–H groups in total. The normalized spacial score (nSPS) is 13.5. The molecule has 0 unspecified atom stereocenters. The highest BCUT2D eigenvalue weighted by atomic mass is 32.2. The molecule has 2 radical (unpaired) electrons. The maximum absolute atomic E-state index is 11.4. The van der Waals surface area contributed by atoms with Crippen LogP contribution in [0.2, 0.25) is 6.04 Å². The fourth-order valence-corrected chi connectivity index (χ4v) is 1.65. The van der Waals surface area contributed by atoms with Gasteiger partial charge in [-0.3, -0.25) is 0 Å². The third-order valence-corrected chi connectivity index (χ3v) is 2.80. The summed E-state index contributed by atoms with van der Waals surface area (Å²) >= 11 is 0. The van der Waals surface area contributed by atoms with Crippen molar-refractivity contribution in [3.05, 3.63) is 0 Å². The lowest BCUT2D eigenvalue weighted by molar-refractivity contribution is -0.0499. The van der Waals surface area contributed by atoms with E-state index in [1.807, 2.05) is 0 Å². The summed E-state index contributed by atoms with van der Waals surface area (Å²) in [5.41, 5.74) is -5.30. The van der Waals surface area contributed by atoms with Gasteiger partial charge in [-0.05, 0) is 6.04 Å². The topological polar surface area (TPSA) is 43.4 Å². The molecule has 0 atom stereocenters. The Morgan fingerprint density at radius 1 is 1.45 bits per heavy atom. The first-order chi connectivity index (χ1) is 4.81. The van der Waals surface area contributed by atoms with E-state index in [1.165, 1.54) is 6.92 Å². The fraction of sp³-hybridized carbons (Fsp3) is 1.00. The maximum atomic E-state index is 11.4. The first kappa shape index (κ1) is 10.9. The van der Waals surface area contributed by atoms with Crippen LogP contribution in [0.15, 0.2) is 0 Å². The van der Waals surface area contributed by atoms with E-state index in [9.17, 15) is 21.6 Å². The summed E-state index contributed by atoms with van der Waals surface area (Å²) in [6.45, 7) is 1.52. The second-order valence-electron chi connectivity index (χ2n) is 1.48. The highest BCUT2D eigenvalue weighted by molar-refractivity contribution is 7.88. The average Bonchev–Trinajstić information content (AvgIpc) is 1.81. The summed E-state index contributed by atoms with van der Waals surface area (Å²) in [6.07, 6.45) is 0. The van der Waals surface area contributed by atoms with E-state index in [-0.39, 0.29) is 6.04 Å². The second-order valence-corrected chi connectivity index (χ2v) is 4.51. The molecule has 0 saturated heterocycles. The van der Waals surface area contributed by atoms with Gasteiger partial charge in [0, 0.05) is 0 Å². The standard InChI is InChI=1S/C3H5F3O3SSi/c1-2-11-9-10(7,8)3(4,5)6/h2H2,1H3. The van der Waals surface area contributed by atoms with E-state index < -0.39 is 25.4 Å². The van der Waals surface area contributed by atoms with Crippen LogP contribution in [0.5, 0.6) is 0 Å². The molecule has 0 aliphatic rings. The summed E-state index contributed by atoms with van der Waals surface area (Å²) in [6, 6.07) is 0.245. The first-order valence-electron chi connectivity index (χ1n) is 2.54. The Hall–Kier alpha value is -0.0831. The molecule has 0 heterocycles. The zero-order chi connectivity index (χ0) is 9.12. The van der Waals surface area contributed by atoms with Gasteiger partial charge in [0.25, 0.3) is 9.76 Å². The summed E-state index contributed by atoms with van der Waals surface area (Å²) in [7, 11) is -6.02. The largest absolute Gasteiger partial charge is 0.522 e. The van der Waals surface area contributed by atoms with E-state index in [1.54, 1.807) is 0 Å². The number of rotatable bonds is 3. The minimum Gasteiger partial charge on any atom is -0.309 e. The predicted molar refractivity (Wildman–Crippen MR) is 32.3 cm³/mol. The molecule has 0 saturated carbocycles. The highest BCUT2D eigenvalue weighted by Gasteiger charge is 2.46. The minimum absolute atomic E-state index is 0.245. The predicted octanol–water partition coefficient (Wildman–Crippen LogP) is 0.910. The van der Waals surface area contributed by atoms with Crippen LogP contribution >= 0.6 is 0 Å². The van der Waals surface area contributed by atoms with Gasteiger partial charge < -0.3 is 3.87 Å². The molecule has 0 aliphatic carbocycles. The number of alkyl halides is 3. The van der Waals surface area contributed by atoms with Crippen LogP contribution in [-0.2, 0) is 14.0 Å². The number of halogens is 3. The van der Waals surface area contributed by atoms with Crippen molar-refractivity contribution in [2.75, 3.05) is 0 Å². The lowest BCUT2D eigenvalue weighted by atomic mass is 11.0. The van der Waals surface area contributed by atoms with Gasteiger partial charge in [-0.25, -0.2) is 0 Å². The van der Waals surface area contributed by atoms with Crippen molar-refractivity contribution >= 4 is 19.9 Å². The Balaban J connectivity index is 4.26. The van der Waals surface area contributed by atoms with E-state index in [4.69, 9.17) is 0 Å². The van der Waals surface area contributed by atoms with Gasteiger partial charge in [0.05, 0.1) is 0 Å². The maximum Gasteiger partial charge on any atom is 0.522 e. The Bertz CT molecular complexity index is 208. The van der Waals surface area contributed by atoms with Crippen LogP contribution in [0.4, 0.5) is 13.2 Å². The molecule has 0 amide bonds. The van der Waals surface area contributed by atoms with Crippen molar-refractivity contribution < 1.29 is 25.5 Å². The van der Waals surface area contributed by atoms with Crippen molar-refractivity contribution in [2.24, 2.45) is 0 Å². The van der Waals surface area contributed by atoms with Gasteiger partial charge in [0.2, 0.25) is 0 Å². The van der Waals surface area contributed by atoms with Crippen LogP contribution in [0, 0.1) is 0 Å². The lowest BCUT2D eigenvalue weighted by Crippen LogP contribution is -2.26. The van der Waals surface area contributed by atoms with Crippen molar-refractivity contribution in [2.45, 2.75) is 18.5 Å². The van der Waals surface area contributed by atoms with E-state index in [0.29, 0.717) is 0 Å². The van der Waals surface area contributed by atoms with Crippen LogP contribution in [-0.4, -0.2) is 23.7 Å². The summed E-state index contributed by atoms with van der Waals surface area (Å²) in [5, 5.41) is 0. The SMILES string of the molecule is CC[Si]OS(=O)(=O)C(F)(F)F. The Morgan fingerprint density at radius 3 is 2.18 bits per heavy atom. The van der Waals surface area contributed by atoms with E-state index in [2.05, 4.69) is 3.87 Å². The second kappa shape index (κ2) is 3.54. The minimum atomic E-state index is -5.35. The van der Waals surface area contributed by atoms with Crippen molar-refractivity contribution in [1.29, 1.82) is 0 Å². The van der Waals surface area contributed by atoms with Gasteiger partial charge in [-0.15, -0.1) is 0 Å². The molecule has 3 nitrogen and oxygen atoms in total. The zero-order valence-electron chi connectivity index (χ0n) is 5.47. The molecule has 0 bridgehead atoms. The Labute approximate surface area is 64.6 Å². The zero-order valence-corrected chi connectivity index (χ0v) is 7.29. The molecule has 0 aliphatic heterocycles. The lowest BCUT2D eigenvalue weighted by Gasteiger charge is -2.05. The fourth-order valence-electron chi connectivity index (χ4n) is 0.184. The molecule has 11 heavy (non-hydrogen) atoms. The molecule has 0 aromatic heterocycles. The Kier molecular flexibility index (Phi) is 3.52. The van der Waals surface area contributed by atoms with Gasteiger partial charge in [-0.1, -0.05) is 6.92 Å². The van der Waals surface area contributed by atoms with Gasteiger partial charge in [0.1, 0.15) is 0 Å². The smallest absolute Gasteiger partial charge is 0.309 e. The van der Waals surface area contributed by atoms with Crippen molar-refractivity contribution in [1.82, 2.24) is 0 Å². The third-order valence-electron chi connectivity index (χ3n) is 0.596. The first-order valence-corrected chi connectivity index (χ1v) is 5.06. The Morgan fingerprint density at radius 2 is 1.91 bits per heavy atom. The molecule has 0 rings (SSSR count). The van der Waals surface area contributed by atoms with Crippen LogP contribution < -0.4 is 0 Å². The molecule has 0 aromatic carbocycles. The molecule has 0 spiro atoms. The molecule has 8 heteroatoms. The molecule has 66 valence electrons. The van der Waals surface area contributed by atoms with Crippen LogP contribution in [0.1, 0.15) is 6.92 Å². The highest BCUT2D eigenvalue weighted by Crippen LogP contribution is 2.24. The van der Waals surface area contributed by atoms with Gasteiger partial charge in [0.15, 0.2) is 0 Å². The van der Waals surface area contributed by atoms with E-state index >= 15 is 0 Å².